The van der Waals surface area contributed by atoms with Crippen LogP contribution in [0, 0.1) is 6.92 Å². The number of nitrogens with zero attached hydrogens (tertiary/aromatic N) is 2. The average Bonchev–Trinajstić information content (AvgIpc) is 2.48. The Morgan fingerprint density at radius 2 is 1.95 bits per heavy atom. The molecule has 1 amide bonds. The molecule has 0 bridgehead atoms. The lowest BCUT2D eigenvalue weighted by Crippen LogP contribution is -2.18. The minimum atomic E-state index is -0.250. The lowest BCUT2D eigenvalue weighted by molar-refractivity contribution is 0.102. The molecule has 116 valence electrons. The standard InChI is InChI=1S/C16H19BrN4O/c1-4-10(2)18-15-9-14(19-11(3)20-15)16(22)21-13-7-5-12(17)6-8-13/h5-10H,4H2,1-3H3,(H,21,22)(H,18,19,20). The third-order valence-electron chi connectivity index (χ3n) is 3.18. The fourth-order valence-corrected chi connectivity index (χ4v) is 2.11. The molecule has 0 fully saturated rings. The second kappa shape index (κ2) is 7.35. The Kier molecular flexibility index (Phi) is 5.49. The number of carbonyl (C=O) groups excluding carboxylic acids is 1. The quantitative estimate of drug-likeness (QED) is 0.842. The van der Waals surface area contributed by atoms with Gasteiger partial charge in [-0.2, -0.15) is 0 Å². The van der Waals surface area contributed by atoms with E-state index in [-0.39, 0.29) is 11.9 Å². The lowest BCUT2D eigenvalue weighted by Gasteiger charge is -2.13. The average molecular weight is 363 g/mol. The van der Waals surface area contributed by atoms with Gasteiger partial charge < -0.3 is 10.6 Å². The summed E-state index contributed by atoms with van der Waals surface area (Å²) in [5.74, 6) is 0.983. The number of benzene rings is 1. The van der Waals surface area contributed by atoms with E-state index < -0.39 is 0 Å². The van der Waals surface area contributed by atoms with Gasteiger partial charge in [-0.1, -0.05) is 22.9 Å². The largest absolute Gasteiger partial charge is 0.368 e. The minimum absolute atomic E-state index is 0.250. The van der Waals surface area contributed by atoms with Crippen molar-refractivity contribution in [2.75, 3.05) is 10.6 Å². The van der Waals surface area contributed by atoms with E-state index >= 15 is 0 Å². The van der Waals surface area contributed by atoms with Crippen molar-refractivity contribution in [2.45, 2.75) is 33.2 Å². The summed E-state index contributed by atoms with van der Waals surface area (Å²) in [4.78, 5) is 20.8. The molecule has 1 unspecified atom stereocenters. The molecular formula is C16H19BrN4O. The predicted octanol–water partition coefficient (Wildman–Crippen LogP) is 4.01. The monoisotopic (exact) mass is 362 g/mol. The van der Waals surface area contributed by atoms with E-state index in [9.17, 15) is 4.79 Å². The van der Waals surface area contributed by atoms with E-state index in [4.69, 9.17) is 0 Å². The van der Waals surface area contributed by atoms with Crippen molar-refractivity contribution in [3.63, 3.8) is 0 Å². The maximum atomic E-state index is 12.3. The molecule has 22 heavy (non-hydrogen) atoms. The Hall–Kier alpha value is -1.95. The van der Waals surface area contributed by atoms with Gasteiger partial charge >= 0.3 is 0 Å². The van der Waals surface area contributed by atoms with Gasteiger partial charge in [-0.05, 0) is 44.5 Å². The van der Waals surface area contributed by atoms with E-state index in [1.165, 1.54) is 0 Å². The summed E-state index contributed by atoms with van der Waals surface area (Å²) >= 11 is 3.36. The van der Waals surface area contributed by atoms with E-state index in [1.807, 2.05) is 24.3 Å². The fourth-order valence-electron chi connectivity index (χ4n) is 1.84. The molecule has 1 heterocycles. The Morgan fingerprint density at radius 1 is 1.27 bits per heavy atom. The highest BCUT2D eigenvalue weighted by atomic mass is 79.9. The highest BCUT2D eigenvalue weighted by molar-refractivity contribution is 9.10. The van der Waals surface area contributed by atoms with Crippen molar-refractivity contribution in [2.24, 2.45) is 0 Å². The third kappa shape index (κ3) is 4.53. The number of aryl methyl sites for hydroxylation is 1. The first-order valence-corrected chi connectivity index (χ1v) is 7.96. The molecule has 0 radical (unpaired) electrons. The number of aromatic nitrogens is 2. The van der Waals surface area contributed by atoms with Gasteiger partial charge in [0.15, 0.2) is 0 Å². The molecular weight excluding hydrogens is 344 g/mol. The summed E-state index contributed by atoms with van der Waals surface area (Å²) in [5.41, 5.74) is 1.07. The van der Waals surface area contributed by atoms with Crippen LogP contribution < -0.4 is 10.6 Å². The summed E-state index contributed by atoms with van der Waals surface area (Å²) in [6, 6.07) is 9.36. The molecule has 6 heteroatoms. The summed E-state index contributed by atoms with van der Waals surface area (Å²) in [6.07, 6.45) is 0.976. The minimum Gasteiger partial charge on any atom is -0.368 e. The third-order valence-corrected chi connectivity index (χ3v) is 3.71. The zero-order chi connectivity index (χ0) is 16.1. The van der Waals surface area contributed by atoms with Crippen LogP contribution in [0.3, 0.4) is 0 Å². The van der Waals surface area contributed by atoms with Crippen LogP contribution >= 0.6 is 15.9 Å². The number of carbonyl (C=O) groups is 1. The van der Waals surface area contributed by atoms with E-state index in [1.54, 1.807) is 13.0 Å². The first kappa shape index (κ1) is 16.4. The molecule has 0 spiro atoms. The molecule has 5 nitrogen and oxygen atoms in total. The molecule has 1 aromatic carbocycles. The van der Waals surface area contributed by atoms with E-state index in [0.717, 1.165) is 16.6 Å². The maximum Gasteiger partial charge on any atom is 0.274 e. The molecule has 1 atom stereocenters. The van der Waals surface area contributed by atoms with Crippen LogP contribution in [-0.4, -0.2) is 21.9 Å². The highest BCUT2D eigenvalue weighted by Gasteiger charge is 2.12. The topological polar surface area (TPSA) is 66.9 Å². The molecule has 2 aromatic rings. The van der Waals surface area contributed by atoms with Gasteiger partial charge in [0.1, 0.15) is 17.3 Å². The number of hydrogen-bond donors (Lipinski definition) is 2. The molecule has 2 N–H and O–H groups in total. The van der Waals surface area contributed by atoms with Gasteiger partial charge in [0.2, 0.25) is 0 Å². The van der Waals surface area contributed by atoms with Crippen molar-refractivity contribution in [1.29, 1.82) is 0 Å². The second-order valence-corrected chi connectivity index (χ2v) is 6.02. The number of anilines is 2. The maximum absolute atomic E-state index is 12.3. The van der Waals surface area contributed by atoms with Crippen LogP contribution in [0.2, 0.25) is 0 Å². The first-order chi connectivity index (χ1) is 10.5. The number of hydrogen-bond acceptors (Lipinski definition) is 4. The Labute approximate surface area is 138 Å². The van der Waals surface area contributed by atoms with Crippen LogP contribution in [0.1, 0.15) is 36.6 Å². The lowest BCUT2D eigenvalue weighted by atomic mass is 10.2. The van der Waals surface area contributed by atoms with Crippen LogP contribution in [0.4, 0.5) is 11.5 Å². The Morgan fingerprint density at radius 3 is 2.59 bits per heavy atom. The second-order valence-electron chi connectivity index (χ2n) is 5.10. The van der Waals surface area contributed by atoms with Gasteiger partial charge in [-0.15, -0.1) is 0 Å². The molecule has 0 aliphatic rings. The molecule has 0 aliphatic heterocycles. The number of halogens is 1. The summed E-state index contributed by atoms with van der Waals surface area (Å²) in [6.45, 7) is 5.93. The normalized spacial score (nSPS) is 11.8. The van der Waals surface area contributed by atoms with E-state index in [2.05, 4.69) is 50.4 Å². The van der Waals surface area contributed by atoms with Gasteiger partial charge in [0.05, 0.1) is 0 Å². The van der Waals surface area contributed by atoms with Gasteiger partial charge in [-0.25, -0.2) is 9.97 Å². The number of nitrogens with one attached hydrogen (secondary N) is 2. The summed E-state index contributed by atoms with van der Waals surface area (Å²) in [7, 11) is 0. The van der Waals surface area contributed by atoms with Crippen molar-refractivity contribution >= 4 is 33.3 Å². The van der Waals surface area contributed by atoms with Crippen LogP contribution in [0.25, 0.3) is 0 Å². The van der Waals surface area contributed by atoms with Crippen molar-refractivity contribution < 1.29 is 4.79 Å². The first-order valence-electron chi connectivity index (χ1n) is 7.17. The van der Waals surface area contributed by atoms with Crippen LogP contribution in [0.5, 0.6) is 0 Å². The van der Waals surface area contributed by atoms with Crippen molar-refractivity contribution in [3.05, 3.63) is 46.3 Å². The summed E-state index contributed by atoms with van der Waals surface area (Å²) in [5, 5.41) is 6.09. The van der Waals surface area contributed by atoms with Crippen LogP contribution in [-0.2, 0) is 0 Å². The Balaban J connectivity index is 2.16. The van der Waals surface area contributed by atoms with Crippen LogP contribution in [0.15, 0.2) is 34.8 Å². The van der Waals surface area contributed by atoms with Crippen molar-refractivity contribution in [3.8, 4) is 0 Å². The zero-order valence-corrected chi connectivity index (χ0v) is 14.4. The number of rotatable bonds is 5. The number of amides is 1. The molecule has 2 rings (SSSR count). The Bertz CT molecular complexity index is 658. The van der Waals surface area contributed by atoms with Gasteiger partial charge in [-0.3, -0.25) is 4.79 Å². The van der Waals surface area contributed by atoms with Gasteiger partial charge in [0, 0.05) is 22.3 Å². The van der Waals surface area contributed by atoms with Gasteiger partial charge in [0.25, 0.3) is 5.91 Å². The molecule has 1 aromatic heterocycles. The molecule has 0 saturated heterocycles. The van der Waals surface area contributed by atoms with Crippen molar-refractivity contribution in [1.82, 2.24) is 9.97 Å². The smallest absolute Gasteiger partial charge is 0.274 e. The zero-order valence-electron chi connectivity index (χ0n) is 12.9. The predicted molar refractivity (Wildman–Crippen MR) is 92.2 cm³/mol. The summed E-state index contributed by atoms with van der Waals surface area (Å²) < 4.78 is 0.961. The highest BCUT2D eigenvalue weighted by Crippen LogP contribution is 2.16. The molecule has 0 aliphatic carbocycles. The SMILES string of the molecule is CCC(C)Nc1cc(C(=O)Nc2ccc(Br)cc2)nc(C)n1. The fraction of sp³-hybridized carbons (Fsp3) is 0.312. The molecule has 0 saturated carbocycles. The van der Waals surface area contributed by atoms with E-state index in [0.29, 0.717) is 17.3 Å².